The molecule has 122 valence electrons. The predicted molar refractivity (Wildman–Crippen MR) is 94.7 cm³/mol. The lowest BCUT2D eigenvalue weighted by Crippen LogP contribution is -2.44. The Hall–Kier alpha value is -1.26. The first-order chi connectivity index (χ1) is 10.7. The van der Waals surface area contributed by atoms with E-state index in [2.05, 4.69) is 39.7 Å². The average Bonchev–Trinajstić information content (AvgIpc) is 2.52. The van der Waals surface area contributed by atoms with Crippen molar-refractivity contribution in [1.29, 1.82) is 0 Å². The van der Waals surface area contributed by atoms with Gasteiger partial charge in [-0.25, -0.2) is 0 Å². The van der Waals surface area contributed by atoms with Crippen molar-refractivity contribution in [3.8, 4) is 0 Å². The first-order valence-electron chi connectivity index (χ1n) is 8.05. The summed E-state index contributed by atoms with van der Waals surface area (Å²) in [5.74, 6) is 1.61. The number of likely N-dealkylation sites (tertiary alicyclic amines) is 1. The molecule has 1 aromatic rings. The Kier molecular flexibility index (Phi) is 7.00. The van der Waals surface area contributed by atoms with Gasteiger partial charge in [0.05, 0.1) is 0 Å². The van der Waals surface area contributed by atoms with Crippen molar-refractivity contribution in [2.75, 3.05) is 40.3 Å². The Balaban J connectivity index is 1.67. The Morgan fingerprint density at radius 1 is 1.32 bits per heavy atom. The second-order valence-corrected chi connectivity index (χ2v) is 6.46. The van der Waals surface area contributed by atoms with Gasteiger partial charge in [0.15, 0.2) is 5.96 Å². The molecule has 0 bridgehead atoms. The maximum Gasteiger partial charge on any atom is 0.190 e. The molecule has 5 heteroatoms. The smallest absolute Gasteiger partial charge is 0.190 e. The fourth-order valence-electron chi connectivity index (χ4n) is 2.88. The minimum Gasteiger partial charge on any atom is -0.356 e. The monoisotopic (exact) mass is 322 g/mol. The molecule has 22 heavy (non-hydrogen) atoms. The van der Waals surface area contributed by atoms with Crippen molar-refractivity contribution in [3.63, 3.8) is 0 Å². The fourth-order valence-corrected chi connectivity index (χ4v) is 3.00. The number of rotatable bonds is 5. The second kappa shape index (κ2) is 9.01. The van der Waals surface area contributed by atoms with E-state index >= 15 is 0 Å². The van der Waals surface area contributed by atoms with E-state index in [-0.39, 0.29) is 0 Å². The average molecular weight is 323 g/mol. The van der Waals surface area contributed by atoms with Crippen LogP contribution >= 0.6 is 11.6 Å². The van der Waals surface area contributed by atoms with E-state index in [1.54, 1.807) is 0 Å². The number of guanidine groups is 1. The summed E-state index contributed by atoms with van der Waals surface area (Å²) in [6.07, 6.45) is 3.56. The normalized spacial score (nSPS) is 20.0. The summed E-state index contributed by atoms with van der Waals surface area (Å²) >= 11 is 5.90. The van der Waals surface area contributed by atoms with E-state index < -0.39 is 0 Å². The molecule has 1 aliphatic heterocycles. The van der Waals surface area contributed by atoms with E-state index in [4.69, 9.17) is 11.6 Å². The molecule has 1 saturated heterocycles. The van der Waals surface area contributed by atoms with E-state index in [9.17, 15) is 0 Å². The van der Waals surface area contributed by atoms with Crippen LogP contribution < -0.4 is 10.6 Å². The van der Waals surface area contributed by atoms with Crippen LogP contribution in [0.3, 0.4) is 0 Å². The van der Waals surface area contributed by atoms with Crippen LogP contribution in [0.15, 0.2) is 29.3 Å². The minimum absolute atomic E-state index is 0.716. The van der Waals surface area contributed by atoms with Crippen LogP contribution in [-0.4, -0.2) is 51.1 Å². The zero-order chi connectivity index (χ0) is 15.8. The van der Waals surface area contributed by atoms with Crippen LogP contribution in [-0.2, 0) is 6.42 Å². The Labute approximate surface area is 138 Å². The largest absolute Gasteiger partial charge is 0.356 e. The number of piperidine rings is 1. The van der Waals surface area contributed by atoms with Gasteiger partial charge in [-0.2, -0.15) is 0 Å². The number of hydrogen-bond acceptors (Lipinski definition) is 2. The van der Waals surface area contributed by atoms with Gasteiger partial charge in [0.1, 0.15) is 0 Å². The molecule has 0 aliphatic carbocycles. The highest BCUT2D eigenvalue weighted by atomic mass is 35.5. The number of hydrogen-bond donors (Lipinski definition) is 2. The molecule has 1 atom stereocenters. The number of aliphatic imine (C=N–C) groups is 1. The number of nitrogens with one attached hydrogen (secondary N) is 2. The first kappa shape index (κ1) is 17.1. The van der Waals surface area contributed by atoms with E-state index in [1.807, 2.05) is 19.2 Å². The highest BCUT2D eigenvalue weighted by molar-refractivity contribution is 6.30. The summed E-state index contributed by atoms with van der Waals surface area (Å²) in [4.78, 5) is 6.71. The van der Waals surface area contributed by atoms with Crippen LogP contribution in [0.2, 0.25) is 5.02 Å². The van der Waals surface area contributed by atoms with Crippen molar-refractivity contribution < 1.29 is 0 Å². The maximum atomic E-state index is 5.90. The third-order valence-corrected chi connectivity index (χ3v) is 4.38. The Morgan fingerprint density at radius 3 is 2.77 bits per heavy atom. The van der Waals surface area contributed by atoms with Gasteiger partial charge in [-0.3, -0.25) is 4.99 Å². The molecule has 1 heterocycles. The summed E-state index contributed by atoms with van der Waals surface area (Å²) < 4.78 is 0. The number of halogens is 1. The van der Waals surface area contributed by atoms with Crippen LogP contribution in [0.1, 0.15) is 18.4 Å². The van der Waals surface area contributed by atoms with Gasteiger partial charge in [0.2, 0.25) is 0 Å². The SMILES string of the molecule is CN=C(NCCc1ccc(Cl)cc1)NCC1CCCN(C)C1. The Bertz CT molecular complexity index is 472. The molecule has 1 fully saturated rings. The zero-order valence-corrected chi connectivity index (χ0v) is 14.4. The molecule has 0 amide bonds. The highest BCUT2D eigenvalue weighted by Crippen LogP contribution is 2.13. The topological polar surface area (TPSA) is 39.7 Å². The molecule has 0 radical (unpaired) electrons. The standard InChI is InChI=1S/C17H27ClN4/c1-19-17(21-12-15-4-3-11-22(2)13-15)20-10-9-14-5-7-16(18)8-6-14/h5-8,15H,3-4,9-13H2,1-2H3,(H2,19,20,21). The quantitative estimate of drug-likeness (QED) is 0.646. The summed E-state index contributed by atoms with van der Waals surface area (Å²) in [7, 11) is 4.02. The van der Waals surface area contributed by atoms with Crippen LogP contribution in [0.4, 0.5) is 0 Å². The van der Waals surface area contributed by atoms with Gasteiger partial charge in [0.25, 0.3) is 0 Å². The first-order valence-corrected chi connectivity index (χ1v) is 8.42. The van der Waals surface area contributed by atoms with Crippen molar-refractivity contribution >= 4 is 17.6 Å². The second-order valence-electron chi connectivity index (χ2n) is 6.03. The number of benzene rings is 1. The third-order valence-electron chi connectivity index (χ3n) is 4.12. The van der Waals surface area contributed by atoms with Crippen molar-refractivity contribution in [2.45, 2.75) is 19.3 Å². The van der Waals surface area contributed by atoms with Gasteiger partial charge < -0.3 is 15.5 Å². The molecular formula is C17H27ClN4. The van der Waals surface area contributed by atoms with Crippen molar-refractivity contribution in [3.05, 3.63) is 34.9 Å². The van der Waals surface area contributed by atoms with Crippen LogP contribution in [0.25, 0.3) is 0 Å². The van der Waals surface area contributed by atoms with Crippen LogP contribution in [0.5, 0.6) is 0 Å². The predicted octanol–water partition coefficient (Wildman–Crippen LogP) is 2.39. The fraction of sp³-hybridized carbons (Fsp3) is 0.588. The third kappa shape index (κ3) is 5.85. The van der Waals surface area contributed by atoms with E-state index in [0.717, 1.165) is 30.5 Å². The lowest BCUT2D eigenvalue weighted by atomic mass is 9.99. The minimum atomic E-state index is 0.716. The molecule has 0 spiro atoms. The molecule has 1 aliphatic rings. The summed E-state index contributed by atoms with van der Waals surface area (Å²) in [5.41, 5.74) is 1.28. The molecule has 0 aromatic heterocycles. The lowest BCUT2D eigenvalue weighted by Gasteiger charge is -2.30. The number of nitrogens with zero attached hydrogens (tertiary/aromatic N) is 2. The van der Waals surface area contributed by atoms with E-state index in [1.165, 1.54) is 31.5 Å². The molecule has 1 unspecified atom stereocenters. The van der Waals surface area contributed by atoms with Gasteiger partial charge in [-0.05, 0) is 56.5 Å². The molecule has 0 saturated carbocycles. The Morgan fingerprint density at radius 2 is 2.09 bits per heavy atom. The van der Waals surface area contributed by atoms with E-state index in [0.29, 0.717) is 5.92 Å². The molecule has 4 nitrogen and oxygen atoms in total. The maximum absolute atomic E-state index is 5.90. The van der Waals surface area contributed by atoms with Gasteiger partial charge in [0, 0.05) is 31.7 Å². The zero-order valence-electron chi connectivity index (χ0n) is 13.6. The van der Waals surface area contributed by atoms with Crippen molar-refractivity contribution in [2.24, 2.45) is 10.9 Å². The van der Waals surface area contributed by atoms with Crippen LogP contribution in [0, 0.1) is 5.92 Å². The molecule has 1 aromatic carbocycles. The van der Waals surface area contributed by atoms with Gasteiger partial charge in [-0.15, -0.1) is 0 Å². The molecule has 2 N–H and O–H groups in total. The van der Waals surface area contributed by atoms with Crippen molar-refractivity contribution in [1.82, 2.24) is 15.5 Å². The van der Waals surface area contributed by atoms with Gasteiger partial charge in [-0.1, -0.05) is 23.7 Å². The van der Waals surface area contributed by atoms with Gasteiger partial charge >= 0.3 is 0 Å². The summed E-state index contributed by atoms with van der Waals surface area (Å²) in [6.45, 7) is 4.26. The lowest BCUT2D eigenvalue weighted by molar-refractivity contribution is 0.210. The summed E-state index contributed by atoms with van der Waals surface area (Å²) in [5, 5.41) is 7.61. The molecule has 2 rings (SSSR count). The summed E-state index contributed by atoms with van der Waals surface area (Å²) in [6, 6.07) is 8.00. The highest BCUT2D eigenvalue weighted by Gasteiger charge is 2.17. The molecular weight excluding hydrogens is 296 g/mol.